The maximum absolute atomic E-state index is 6.52. The highest BCUT2D eigenvalue weighted by Gasteiger charge is 2.20. The number of benzene rings is 3. The fraction of sp³-hybridized carbons (Fsp3) is 0.160. The number of rotatable bonds is 8. The summed E-state index contributed by atoms with van der Waals surface area (Å²) in [5.74, 6) is 0. The molecule has 3 nitrogen and oxygen atoms in total. The molecule has 0 aliphatic carbocycles. The normalized spacial score (nSPS) is 11.8. The van der Waals surface area contributed by atoms with Gasteiger partial charge >= 0.3 is 0 Å². The van der Waals surface area contributed by atoms with E-state index in [1.54, 1.807) is 18.2 Å². The molecule has 0 bridgehead atoms. The molecule has 1 heterocycles. The first-order valence-corrected chi connectivity index (χ1v) is 12.1. The number of halogens is 6. The van der Waals surface area contributed by atoms with Gasteiger partial charge in [0.2, 0.25) is 6.33 Å². The smallest absolute Gasteiger partial charge is 0.244 e. The lowest BCUT2D eigenvalue weighted by Gasteiger charge is -2.19. The highest BCUT2D eigenvalue weighted by Crippen LogP contribution is 2.31. The summed E-state index contributed by atoms with van der Waals surface area (Å²) in [6.07, 6.45) is 5.73. The van der Waals surface area contributed by atoms with Gasteiger partial charge in [0, 0.05) is 30.7 Å². The first-order chi connectivity index (χ1) is 15.9. The molecule has 0 radical (unpaired) electrons. The van der Waals surface area contributed by atoms with E-state index >= 15 is 0 Å². The molecule has 0 fully saturated rings. The van der Waals surface area contributed by atoms with Crippen LogP contribution in [0.2, 0.25) is 25.1 Å². The van der Waals surface area contributed by atoms with Gasteiger partial charge in [-0.25, -0.2) is 9.13 Å². The van der Waals surface area contributed by atoms with E-state index in [2.05, 4.69) is 9.13 Å². The largest absolute Gasteiger partial charge is 1.00 e. The Morgan fingerprint density at radius 2 is 1.44 bits per heavy atom. The summed E-state index contributed by atoms with van der Waals surface area (Å²) in [4.78, 5) is 0. The van der Waals surface area contributed by atoms with Gasteiger partial charge < -0.3 is 28.7 Å². The predicted octanol–water partition coefficient (Wildman–Crippen LogP) is 5.05. The molecule has 0 amide bonds. The van der Waals surface area contributed by atoms with Crippen molar-refractivity contribution in [3.63, 3.8) is 0 Å². The molecule has 0 saturated heterocycles. The van der Waals surface area contributed by atoms with Gasteiger partial charge in [0.05, 0.1) is 6.61 Å². The number of aromatic nitrogens is 2. The number of imidazole rings is 1. The van der Waals surface area contributed by atoms with Gasteiger partial charge in [0.1, 0.15) is 31.6 Å². The Labute approximate surface area is 241 Å². The monoisotopic (exact) mass is 666 g/mol. The molecule has 1 unspecified atom stereocenters. The van der Waals surface area contributed by atoms with E-state index in [0.29, 0.717) is 33.2 Å². The Balaban J connectivity index is 0.00000324. The minimum atomic E-state index is -0.321. The summed E-state index contributed by atoms with van der Waals surface area (Å²) >= 11 is 31.0. The number of hydrogen-bond acceptors (Lipinski definition) is 1. The zero-order valence-electron chi connectivity index (χ0n) is 17.8. The van der Waals surface area contributed by atoms with Crippen molar-refractivity contribution in [1.82, 2.24) is 4.57 Å². The Morgan fingerprint density at radius 3 is 2.12 bits per heavy atom. The van der Waals surface area contributed by atoms with E-state index in [0.717, 1.165) is 28.3 Å². The zero-order valence-corrected chi connectivity index (χ0v) is 23.7. The lowest BCUT2D eigenvalue weighted by atomic mass is 10.1. The van der Waals surface area contributed by atoms with Crippen LogP contribution in [0.4, 0.5) is 0 Å². The van der Waals surface area contributed by atoms with Gasteiger partial charge in [-0.3, -0.25) is 0 Å². The van der Waals surface area contributed by atoms with Gasteiger partial charge in [-0.15, -0.1) is 0 Å². The van der Waals surface area contributed by atoms with Crippen LogP contribution >= 0.6 is 58.0 Å². The number of nitrogens with zero attached hydrogens (tertiary/aromatic N) is 2. The maximum atomic E-state index is 6.52. The zero-order chi connectivity index (χ0) is 23.4. The van der Waals surface area contributed by atoms with Crippen LogP contribution in [-0.4, -0.2) is 4.57 Å². The third kappa shape index (κ3) is 7.50. The van der Waals surface area contributed by atoms with Gasteiger partial charge in [0.15, 0.2) is 0 Å². The topological polar surface area (TPSA) is 18.0 Å². The molecular weight excluding hydrogens is 648 g/mol. The van der Waals surface area contributed by atoms with Crippen LogP contribution < -0.4 is 28.5 Å². The third-order valence-corrected chi connectivity index (χ3v) is 6.57. The van der Waals surface area contributed by atoms with Crippen molar-refractivity contribution in [3.8, 4) is 0 Å². The second-order valence-corrected chi connectivity index (χ2v) is 9.73. The summed E-state index contributed by atoms with van der Waals surface area (Å²) < 4.78 is 10.5. The van der Waals surface area contributed by atoms with Crippen molar-refractivity contribution in [2.75, 3.05) is 0 Å². The SMILES string of the molecule is Clc1ccc(C[n+]2ccn(CC(OCc3ccc(Cl)cc3Cl)c3ccc(Cl)cc3Cl)c2)cc1.[I-]. The molecule has 4 rings (SSSR count). The third-order valence-electron chi connectivity index (χ3n) is 5.17. The molecule has 4 aromatic rings. The van der Waals surface area contributed by atoms with Crippen LogP contribution in [0, 0.1) is 0 Å². The number of hydrogen-bond donors (Lipinski definition) is 0. The van der Waals surface area contributed by atoms with Gasteiger partial charge in [0.25, 0.3) is 0 Å². The van der Waals surface area contributed by atoms with Crippen LogP contribution in [0.15, 0.2) is 79.4 Å². The molecular formula is C25H20Cl5IN2O. The summed E-state index contributed by atoms with van der Waals surface area (Å²) in [6.45, 7) is 1.60. The quantitative estimate of drug-likeness (QED) is 0.190. The average molecular weight is 669 g/mol. The average Bonchev–Trinajstić information content (AvgIpc) is 3.21. The molecule has 3 aromatic carbocycles. The maximum Gasteiger partial charge on any atom is 0.244 e. The summed E-state index contributed by atoms with van der Waals surface area (Å²) in [5.41, 5.74) is 2.86. The molecule has 34 heavy (non-hydrogen) atoms. The van der Waals surface area contributed by atoms with Gasteiger partial charge in [-0.1, -0.05) is 82.3 Å². The number of ether oxygens (including phenoxy) is 1. The first-order valence-electron chi connectivity index (χ1n) is 10.2. The van der Waals surface area contributed by atoms with Crippen molar-refractivity contribution >= 4 is 58.0 Å². The molecule has 0 aliphatic heterocycles. The van der Waals surface area contributed by atoms with Crippen LogP contribution in [0.25, 0.3) is 0 Å². The Kier molecular flexibility index (Phi) is 10.4. The van der Waals surface area contributed by atoms with Crippen LogP contribution in [0.1, 0.15) is 22.8 Å². The van der Waals surface area contributed by atoms with Crippen molar-refractivity contribution in [2.45, 2.75) is 25.8 Å². The molecule has 0 aliphatic rings. The highest BCUT2D eigenvalue weighted by atomic mass is 127. The van der Waals surface area contributed by atoms with Crippen molar-refractivity contribution in [1.29, 1.82) is 0 Å². The molecule has 0 saturated carbocycles. The van der Waals surface area contributed by atoms with E-state index in [-0.39, 0.29) is 30.1 Å². The summed E-state index contributed by atoms with van der Waals surface area (Å²) in [7, 11) is 0. The lowest BCUT2D eigenvalue weighted by Crippen LogP contribution is -3.00. The van der Waals surface area contributed by atoms with E-state index in [4.69, 9.17) is 62.7 Å². The van der Waals surface area contributed by atoms with E-state index in [1.165, 1.54) is 0 Å². The van der Waals surface area contributed by atoms with Crippen molar-refractivity contribution < 1.29 is 33.3 Å². The fourth-order valence-corrected chi connectivity index (χ4v) is 4.58. The second kappa shape index (κ2) is 12.8. The minimum Gasteiger partial charge on any atom is -1.00 e. The molecule has 1 atom stereocenters. The Bertz CT molecular complexity index is 1250. The molecule has 9 heteroatoms. The predicted molar refractivity (Wildman–Crippen MR) is 136 cm³/mol. The standard InChI is InChI=1S/C25H20Cl5N2O.HI/c26-19-4-1-17(2-5-19)13-31-9-10-32(16-31)14-25(22-8-7-21(28)12-24(22)30)33-15-18-3-6-20(27)11-23(18)29;/h1-12,16,25H,13-15H2;1H/q+1;/p-1. The molecule has 1 aromatic heterocycles. The molecule has 0 N–H and O–H groups in total. The van der Waals surface area contributed by atoms with E-state index in [1.807, 2.05) is 61.2 Å². The summed E-state index contributed by atoms with van der Waals surface area (Å²) in [6, 6.07) is 18.6. The van der Waals surface area contributed by atoms with Gasteiger partial charge in [-0.05, 0) is 47.5 Å². The molecule has 178 valence electrons. The van der Waals surface area contributed by atoms with Gasteiger partial charge in [-0.2, -0.15) is 0 Å². The van der Waals surface area contributed by atoms with Crippen molar-refractivity contribution in [2.24, 2.45) is 0 Å². The first kappa shape index (κ1) is 27.6. The lowest BCUT2D eigenvalue weighted by molar-refractivity contribution is -0.687. The molecule has 0 spiro atoms. The van der Waals surface area contributed by atoms with Crippen molar-refractivity contribution in [3.05, 3.63) is 121 Å². The van der Waals surface area contributed by atoms with Crippen LogP contribution in [-0.2, 0) is 24.4 Å². The van der Waals surface area contributed by atoms with Crippen LogP contribution in [0.3, 0.4) is 0 Å². The Hall–Kier alpha value is -0.990. The Morgan fingerprint density at radius 1 is 0.794 bits per heavy atom. The summed E-state index contributed by atoms with van der Waals surface area (Å²) in [5, 5.41) is 2.99. The van der Waals surface area contributed by atoms with E-state index in [9.17, 15) is 0 Å². The minimum absolute atomic E-state index is 0. The fourth-order valence-electron chi connectivity index (χ4n) is 3.46. The second-order valence-electron chi connectivity index (χ2n) is 7.61. The highest BCUT2D eigenvalue weighted by molar-refractivity contribution is 6.35. The van der Waals surface area contributed by atoms with E-state index < -0.39 is 0 Å². The van der Waals surface area contributed by atoms with Crippen LogP contribution in [0.5, 0.6) is 0 Å².